The second-order valence-electron chi connectivity index (χ2n) is 3.90. The predicted octanol–water partition coefficient (Wildman–Crippen LogP) is 2.41. The highest BCUT2D eigenvalue weighted by Crippen LogP contribution is 2.31. The maximum Gasteiger partial charge on any atom is 0.322 e. The average molecular weight is 256 g/mol. The molecule has 0 aliphatic rings. The molecule has 0 aromatic carbocycles. The maximum atomic E-state index is 10.9. The van der Waals surface area contributed by atoms with Crippen LogP contribution in [0.25, 0.3) is 0 Å². The van der Waals surface area contributed by atoms with Crippen molar-refractivity contribution in [3.63, 3.8) is 0 Å². The molecular weight excluding hydrogens is 240 g/mol. The van der Waals surface area contributed by atoms with Crippen LogP contribution in [0.15, 0.2) is 5.03 Å². The van der Waals surface area contributed by atoms with Crippen LogP contribution in [0.2, 0.25) is 0 Å². The van der Waals surface area contributed by atoms with Gasteiger partial charge in [0.05, 0.1) is 4.92 Å². The highest BCUT2D eigenvalue weighted by molar-refractivity contribution is 7.99. The molecule has 17 heavy (non-hydrogen) atoms. The largest absolute Gasteiger partial charge is 0.368 e. The molecule has 0 aliphatic heterocycles. The summed E-state index contributed by atoms with van der Waals surface area (Å²) in [4.78, 5) is 18.3. The summed E-state index contributed by atoms with van der Waals surface area (Å²) in [5.41, 5.74) is 5.79. The molecule has 0 fully saturated rings. The van der Waals surface area contributed by atoms with Crippen LogP contribution in [-0.4, -0.2) is 20.6 Å². The third-order valence-electron chi connectivity index (χ3n) is 2.43. The van der Waals surface area contributed by atoms with E-state index in [0.717, 1.165) is 12.2 Å². The van der Waals surface area contributed by atoms with Crippen molar-refractivity contribution < 1.29 is 4.92 Å². The van der Waals surface area contributed by atoms with Crippen molar-refractivity contribution in [2.24, 2.45) is 5.92 Å². The zero-order valence-corrected chi connectivity index (χ0v) is 11.0. The SMILES string of the molecule is CCC(C)CSc1nc(N)nc(C)c1[N+](=O)[O-]. The fourth-order valence-corrected chi connectivity index (χ4v) is 2.41. The molecule has 1 aromatic rings. The van der Waals surface area contributed by atoms with Gasteiger partial charge in [0.2, 0.25) is 5.95 Å². The van der Waals surface area contributed by atoms with Gasteiger partial charge in [0.15, 0.2) is 5.03 Å². The second-order valence-corrected chi connectivity index (χ2v) is 4.91. The molecule has 1 atom stereocenters. The molecule has 1 unspecified atom stereocenters. The molecular formula is C10H16N4O2S. The van der Waals surface area contributed by atoms with Gasteiger partial charge in [-0.15, -0.1) is 0 Å². The highest BCUT2D eigenvalue weighted by atomic mass is 32.2. The van der Waals surface area contributed by atoms with Crippen LogP contribution in [0.3, 0.4) is 0 Å². The summed E-state index contributed by atoms with van der Waals surface area (Å²) in [6.07, 6.45) is 1.03. The van der Waals surface area contributed by atoms with E-state index in [1.165, 1.54) is 11.8 Å². The number of nitro groups is 1. The van der Waals surface area contributed by atoms with E-state index in [9.17, 15) is 10.1 Å². The van der Waals surface area contributed by atoms with Crippen LogP contribution < -0.4 is 5.73 Å². The number of anilines is 1. The van der Waals surface area contributed by atoms with Gasteiger partial charge in [0.25, 0.3) is 0 Å². The molecule has 0 spiro atoms. The van der Waals surface area contributed by atoms with Crippen molar-refractivity contribution in [2.45, 2.75) is 32.2 Å². The summed E-state index contributed by atoms with van der Waals surface area (Å²) in [7, 11) is 0. The van der Waals surface area contributed by atoms with Gasteiger partial charge in [-0.25, -0.2) is 4.98 Å². The van der Waals surface area contributed by atoms with Gasteiger partial charge in [-0.1, -0.05) is 32.0 Å². The molecule has 6 nitrogen and oxygen atoms in total. The number of hydrogen-bond donors (Lipinski definition) is 1. The zero-order chi connectivity index (χ0) is 13.0. The third-order valence-corrected chi connectivity index (χ3v) is 3.72. The zero-order valence-electron chi connectivity index (χ0n) is 10.1. The van der Waals surface area contributed by atoms with Crippen molar-refractivity contribution in [1.82, 2.24) is 9.97 Å². The average Bonchev–Trinajstić information content (AvgIpc) is 2.24. The number of hydrogen-bond acceptors (Lipinski definition) is 6. The lowest BCUT2D eigenvalue weighted by Gasteiger charge is -2.08. The smallest absolute Gasteiger partial charge is 0.322 e. The Kier molecular flexibility index (Phi) is 4.68. The number of aromatic nitrogens is 2. The van der Waals surface area contributed by atoms with Gasteiger partial charge in [0.1, 0.15) is 5.69 Å². The lowest BCUT2D eigenvalue weighted by atomic mass is 10.2. The Hall–Kier alpha value is -1.37. The lowest BCUT2D eigenvalue weighted by molar-refractivity contribution is -0.389. The first-order valence-corrected chi connectivity index (χ1v) is 6.35. The van der Waals surface area contributed by atoms with E-state index in [-0.39, 0.29) is 11.6 Å². The summed E-state index contributed by atoms with van der Waals surface area (Å²) < 4.78 is 0. The topological polar surface area (TPSA) is 94.9 Å². The first-order valence-electron chi connectivity index (χ1n) is 5.37. The first-order chi connectivity index (χ1) is 7.95. The fraction of sp³-hybridized carbons (Fsp3) is 0.600. The molecule has 1 aromatic heterocycles. The van der Waals surface area contributed by atoms with Crippen molar-refractivity contribution in [3.8, 4) is 0 Å². The number of nitrogen functional groups attached to an aromatic ring is 1. The van der Waals surface area contributed by atoms with Crippen LogP contribution in [0.1, 0.15) is 26.0 Å². The van der Waals surface area contributed by atoms with Gasteiger partial charge < -0.3 is 5.73 Å². The van der Waals surface area contributed by atoms with Gasteiger partial charge >= 0.3 is 5.69 Å². The minimum atomic E-state index is -0.451. The van der Waals surface area contributed by atoms with Crippen LogP contribution in [0.4, 0.5) is 11.6 Å². The van der Waals surface area contributed by atoms with Crippen LogP contribution in [0.5, 0.6) is 0 Å². The molecule has 0 aliphatic carbocycles. The predicted molar refractivity (Wildman–Crippen MR) is 68.0 cm³/mol. The Morgan fingerprint density at radius 3 is 2.71 bits per heavy atom. The van der Waals surface area contributed by atoms with Crippen molar-refractivity contribution >= 4 is 23.4 Å². The van der Waals surface area contributed by atoms with E-state index in [0.29, 0.717) is 16.6 Å². The molecule has 7 heteroatoms. The molecule has 0 radical (unpaired) electrons. The van der Waals surface area contributed by atoms with Crippen LogP contribution in [0, 0.1) is 23.0 Å². The minimum Gasteiger partial charge on any atom is -0.368 e. The number of aryl methyl sites for hydroxylation is 1. The number of thioether (sulfide) groups is 1. The Morgan fingerprint density at radius 2 is 2.18 bits per heavy atom. The summed E-state index contributed by atoms with van der Waals surface area (Å²) in [6.45, 7) is 5.75. The van der Waals surface area contributed by atoms with Crippen molar-refractivity contribution in [2.75, 3.05) is 11.5 Å². The summed E-state index contributed by atoms with van der Waals surface area (Å²) in [6, 6.07) is 0. The van der Waals surface area contributed by atoms with E-state index in [2.05, 4.69) is 23.8 Å². The molecule has 0 amide bonds. The van der Waals surface area contributed by atoms with E-state index >= 15 is 0 Å². The molecule has 1 heterocycles. The van der Waals surface area contributed by atoms with Gasteiger partial charge in [-0.05, 0) is 12.8 Å². The molecule has 0 saturated heterocycles. The Morgan fingerprint density at radius 1 is 1.53 bits per heavy atom. The fourth-order valence-electron chi connectivity index (χ4n) is 1.21. The van der Waals surface area contributed by atoms with E-state index < -0.39 is 4.92 Å². The summed E-state index contributed by atoms with van der Waals surface area (Å²) in [5, 5.41) is 11.3. The molecule has 0 bridgehead atoms. The van der Waals surface area contributed by atoms with E-state index in [1.807, 2.05) is 0 Å². The molecule has 1 rings (SSSR count). The lowest BCUT2D eigenvalue weighted by Crippen LogP contribution is -2.05. The standard InChI is InChI=1S/C10H16N4O2S/c1-4-6(2)5-17-9-8(14(15)16)7(3)12-10(11)13-9/h6H,4-5H2,1-3H3,(H2,11,12,13). The van der Waals surface area contributed by atoms with Crippen LogP contribution >= 0.6 is 11.8 Å². The van der Waals surface area contributed by atoms with Gasteiger partial charge in [-0.3, -0.25) is 10.1 Å². The van der Waals surface area contributed by atoms with Gasteiger partial charge in [-0.2, -0.15) is 4.98 Å². The Balaban J connectivity index is 3.00. The van der Waals surface area contributed by atoms with Crippen molar-refractivity contribution in [1.29, 1.82) is 0 Å². The first kappa shape index (κ1) is 13.7. The highest BCUT2D eigenvalue weighted by Gasteiger charge is 2.22. The quantitative estimate of drug-likeness (QED) is 0.376. The van der Waals surface area contributed by atoms with Crippen molar-refractivity contribution in [3.05, 3.63) is 15.8 Å². The number of nitrogens with two attached hydrogens (primary N) is 1. The van der Waals surface area contributed by atoms with Gasteiger partial charge in [0, 0.05) is 5.75 Å². The third kappa shape index (κ3) is 3.55. The molecule has 0 saturated carbocycles. The Labute approximate surface area is 104 Å². The molecule has 94 valence electrons. The summed E-state index contributed by atoms with van der Waals surface area (Å²) >= 11 is 1.36. The Bertz CT molecular complexity index is 425. The molecule has 2 N–H and O–H groups in total. The maximum absolute atomic E-state index is 10.9. The van der Waals surface area contributed by atoms with E-state index in [4.69, 9.17) is 5.73 Å². The number of nitrogens with zero attached hydrogens (tertiary/aromatic N) is 3. The summed E-state index contributed by atoms with van der Waals surface area (Å²) in [5.74, 6) is 1.35. The van der Waals surface area contributed by atoms with Crippen LogP contribution in [-0.2, 0) is 0 Å². The second kappa shape index (κ2) is 5.81. The monoisotopic (exact) mass is 256 g/mol. The van der Waals surface area contributed by atoms with E-state index in [1.54, 1.807) is 6.92 Å². The minimum absolute atomic E-state index is 0.0347. The normalized spacial score (nSPS) is 12.4. The number of rotatable bonds is 5.